The van der Waals surface area contributed by atoms with Crippen molar-refractivity contribution in [1.82, 2.24) is 0 Å². The third-order valence-corrected chi connectivity index (χ3v) is 10.5. The van der Waals surface area contributed by atoms with Gasteiger partial charge in [-0.1, -0.05) is 42.3 Å². The van der Waals surface area contributed by atoms with E-state index >= 15 is 0 Å². The van der Waals surface area contributed by atoms with Crippen molar-refractivity contribution in [3.05, 3.63) is 11.6 Å². The number of alkyl halides is 1. The van der Waals surface area contributed by atoms with E-state index in [1.807, 2.05) is 6.08 Å². The lowest BCUT2D eigenvalue weighted by molar-refractivity contribution is -0.143. The van der Waals surface area contributed by atoms with Crippen LogP contribution in [0.15, 0.2) is 11.6 Å². The highest BCUT2D eigenvalue weighted by molar-refractivity contribution is 9.10. The number of hydrogen-bond acceptors (Lipinski definition) is 3. The Morgan fingerprint density at radius 3 is 2.54 bits per heavy atom. The smallest absolute Gasteiger partial charge is 0.155 e. The fraction of sp³-hybridized carbons (Fsp3) is 0.773. The third-order valence-electron chi connectivity index (χ3n) is 8.58. The molecule has 3 saturated carbocycles. The van der Waals surface area contributed by atoms with Crippen molar-refractivity contribution in [1.29, 1.82) is 0 Å². The quantitative estimate of drug-likeness (QED) is 0.579. The topological polar surface area (TPSA) is 51.2 Å². The highest BCUT2D eigenvalue weighted by atomic mass is 79.9. The summed E-state index contributed by atoms with van der Waals surface area (Å²) in [5, 5.41) is 0. The first-order valence-electron chi connectivity index (χ1n) is 10.0. The standard InChI is InChI=1S/C22H29BrO3/c1-12-9-17-16-6-5-14-10-15(25)7-8-21(14,4)22(16,23)18(26)11-20(17,3)19(12)13(2)24/h10,12,16-17,19H,5-9,11H2,1-4H3/t12-,16+,17+,19-,20+,21+,22+/m1/s1. The predicted octanol–water partition coefficient (Wildman–Crippen LogP) is 4.67. The number of ketones is 3. The molecule has 142 valence electrons. The van der Waals surface area contributed by atoms with Crippen LogP contribution in [0.25, 0.3) is 0 Å². The highest BCUT2D eigenvalue weighted by Crippen LogP contribution is 2.70. The molecule has 0 heterocycles. The summed E-state index contributed by atoms with van der Waals surface area (Å²) in [4.78, 5) is 38.1. The molecule has 0 bridgehead atoms. The number of rotatable bonds is 1. The zero-order valence-corrected chi connectivity index (χ0v) is 17.8. The molecule has 0 aromatic carbocycles. The fourth-order valence-electron chi connectivity index (χ4n) is 7.53. The molecular formula is C22H29BrO3. The van der Waals surface area contributed by atoms with Crippen LogP contribution < -0.4 is 0 Å². The summed E-state index contributed by atoms with van der Waals surface area (Å²) < 4.78 is -0.583. The molecule has 4 aliphatic carbocycles. The third kappa shape index (κ3) is 2.08. The van der Waals surface area contributed by atoms with Gasteiger partial charge in [0.2, 0.25) is 0 Å². The van der Waals surface area contributed by atoms with Crippen molar-refractivity contribution >= 4 is 33.3 Å². The van der Waals surface area contributed by atoms with Gasteiger partial charge in [-0.05, 0) is 61.9 Å². The van der Waals surface area contributed by atoms with E-state index in [-0.39, 0.29) is 40.0 Å². The molecule has 7 atom stereocenters. The van der Waals surface area contributed by atoms with Gasteiger partial charge in [-0.3, -0.25) is 14.4 Å². The van der Waals surface area contributed by atoms with Crippen molar-refractivity contribution in [2.45, 2.75) is 70.5 Å². The Bertz CT molecular complexity index is 740. The van der Waals surface area contributed by atoms with Crippen LogP contribution in [0.4, 0.5) is 0 Å². The number of carbonyl (C=O) groups is 3. The summed E-state index contributed by atoms with van der Waals surface area (Å²) >= 11 is 4.01. The van der Waals surface area contributed by atoms with Crippen molar-refractivity contribution in [3.63, 3.8) is 0 Å². The maximum atomic E-state index is 13.6. The molecule has 0 spiro atoms. The van der Waals surface area contributed by atoms with Gasteiger partial charge < -0.3 is 0 Å². The van der Waals surface area contributed by atoms with Crippen LogP contribution in [0.1, 0.15) is 66.2 Å². The first-order valence-corrected chi connectivity index (χ1v) is 10.8. The summed E-state index contributed by atoms with van der Waals surface area (Å²) in [7, 11) is 0. The molecule has 4 heteroatoms. The summed E-state index contributed by atoms with van der Waals surface area (Å²) in [5.74, 6) is 1.66. The van der Waals surface area contributed by atoms with E-state index in [1.54, 1.807) is 6.92 Å². The monoisotopic (exact) mass is 420 g/mol. The Morgan fingerprint density at radius 1 is 1.19 bits per heavy atom. The number of carbonyl (C=O) groups excluding carboxylic acids is 3. The number of hydrogen-bond donors (Lipinski definition) is 0. The summed E-state index contributed by atoms with van der Waals surface area (Å²) in [6.45, 7) is 8.26. The first kappa shape index (κ1) is 18.6. The SMILES string of the molecule is CC(=O)[C@H]1[C@H](C)C[C@H]2[C@@H]3CCC4=CC(=O)CC[C@]4(C)[C@@]3(Br)C(=O)C[C@@]21C. The molecule has 0 radical (unpaired) electrons. The lowest BCUT2D eigenvalue weighted by Crippen LogP contribution is -2.64. The van der Waals surface area contributed by atoms with Gasteiger partial charge in [0.15, 0.2) is 11.6 Å². The molecule has 0 aromatic heterocycles. The maximum Gasteiger partial charge on any atom is 0.155 e. The molecule has 4 aliphatic rings. The van der Waals surface area contributed by atoms with Crippen molar-refractivity contribution in [2.24, 2.45) is 34.5 Å². The molecule has 0 unspecified atom stereocenters. The largest absolute Gasteiger partial charge is 0.300 e. The van der Waals surface area contributed by atoms with E-state index in [0.29, 0.717) is 24.7 Å². The first-order chi connectivity index (χ1) is 12.1. The minimum absolute atomic E-state index is 0.00817. The number of fused-ring (bicyclic) bond motifs is 5. The lowest BCUT2D eigenvalue weighted by atomic mass is 9.46. The summed E-state index contributed by atoms with van der Waals surface area (Å²) in [5.41, 5.74) is 0.666. The molecule has 0 amide bonds. The number of halogens is 1. The average Bonchev–Trinajstić information content (AvgIpc) is 2.80. The van der Waals surface area contributed by atoms with Gasteiger partial charge in [-0.2, -0.15) is 0 Å². The zero-order valence-electron chi connectivity index (χ0n) is 16.2. The molecule has 3 nitrogen and oxygen atoms in total. The molecule has 4 rings (SSSR count). The van der Waals surface area contributed by atoms with Crippen LogP contribution in [0.3, 0.4) is 0 Å². The van der Waals surface area contributed by atoms with Crippen LogP contribution in [-0.2, 0) is 14.4 Å². The van der Waals surface area contributed by atoms with Crippen LogP contribution in [-0.4, -0.2) is 21.7 Å². The van der Waals surface area contributed by atoms with Crippen LogP contribution in [0.2, 0.25) is 0 Å². The van der Waals surface area contributed by atoms with E-state index in [9.17, 15) is 14.4 Å². The second-order valence-electron chi connectivity index (χ2n) is 9.84. The molecular weight excluding hydrogens is 392 g/mol. The molecule has 26 heavy (non-hydrogen) atoms. The molecule has 0 aliphatic heterocycles. The van der Waals surface area contributed by atoms with Gasteiger partial charge in [-0.25, -0.2) is 0 Å². The van der Waals surface area contributed by atoms with Gasteiger partial charge >= 0.3 is 0 Å². The van der Waals surface area contributed by atoms with Gasteiger partial charge in [0.05, 0.1) is 4.32 Å². The second-order valence-corrected chi connectivity index (χ2v) is 11.1. The van der Waals surface area contributed by atoms with Crippen molar-refractivity contribution < 1.29 is 14.4 Å². The fourth-order valence-corrected chi connectivity index (χ4v) is 8.67. The number of allylic oxidation sites excluding steroid dienone is 1. The minimum Gasteiger partial charge on any atom is -0.300 e. The Balaban J connectivity index is 1.82. The van der Waals surface area contributed by atoms with Gasteiger partial charge in [-0.15, -0.1) is 0 Å². The highest BCUT2D eigenvalue weighted by Gasteiger charge is 2.70. The average molecular weight is 421 g/mol. The van der Waals surface area contributed by atoms with E-state index < -0.39 is 4.32 Å². The molecule has 0 N–H and O–H groups in total. The number of Topliss-reactive ketones (excluding diaryl/α,β-unsaturated/α-hetero) is 2. The maximum absolute atomic E-state index is 13.6. The Morgan fingerprint density at radius 2 is 1.88 bits per heavy atom. The van der Waals surface area contributed by atoms with E-state index in [0.717, 1.165) is 31.3 Å². The summed E-state index contributed by atoms with van der Waals surface area (Å²) in [6, 6.07) is 0. The van der Waals surface area contributed by atoms with Crippen LogP contribution >= 0.6 is 15.9 Å². The van der Waals surface area contributed by atoms with E-state index in [1.165, 1.54) is 0 Å². The van der Waals surface area contributed by atoms with E-state index in [2.05, 4.69) is 36.7 Å². The molecule has 3 fully saturated rings. The van der Waals surface area contributed by atoms with Gasteiger partial charge in [0.25, 0.3) is 0 Å². The predicted molar refractivity (Wildman–Crippen MR) is 104 cm³/mol. The Hall–Kier alpha value is -0.770. The normalized spacial score (nSPS) is 50.6. The zero-order chi connectivity index (χ0) is 19.1. The van der Waals surface area contributed by atoms with Gasteiger partial charge in [0.1, 0.15) is 5.78 Å². The van der Waals surface area contributed by atoms with Gasteiger partial charge in [0, 0.05) is 24.2 Å². The Labute approximate surface area is 164 Å². The van der Waals surface area contributed by atoms with Crippen molar-refractivity contribution in [2.75, 3.05) is 0 Å². The van der Waals surface area contributed by atoms with Crippen LogP contribution in [0.5, 0.6) is 0 Å². The second kappa shape index (κ2) is 5.62. The molecule has 0 aromatic rings. The lowest BCUT2D eigenvalue weighted by Gasteiger charge is -2.61. The molecule has 0 saturated heterocycles. The van der Waals surface area contributed by atoms with Crippen LogP contribution in [0, 0.1) is 34.5 Å². The Kier molecular flexibility index (Phi) is 4.02. The van der Waals surface area contributed by atoms with Crippen molar-refractivity contribution in [3.8, 4) is 0 Å². The minimum atomic E-state index is -0.583. The summed E-state index contributed by atoms with van der Waals surface area (Å²) in [6.07, 6.45) is 6.44. The van der Waals surface area contributed by atoms with E-state index in [4.69, 9.17) is 0 Å².